The predicted molar refractivity (Wildman–Crippen MR) is 104 cm³/mol. The Morgan fingerprint density at radius 3 is 2.26 bits per heavy atom. The largest absolute Gasteiger partial charge is 0.445 e. The fourth-order valence-corrected chi connectivity index (χ4v) is 4.00. The van der Waals surface area contributed by atoms with E-state index in [0.29, 0.717) is 19.7 Å². The summed E-state index contributed by atoms with van der Waals surface area (Å²) >= 11 is 0. The lowest BCUT2D eigenvalue weighted by molar-refractivity contribution is -0.133. The van der Waals surface area contributed by atoms with E-state index in [1.165, 1.54) is 0 Å². The van der Waals surface area contributed by atoms with Crippen LogP contribution >= 0.6 is 0 Å². The van der Waals surface area contributed by atoms with Crippen LogP contribution in [0.2, 0.25) is 0 Å². The van der Waals surface area contributed by atoms with Gasteiger partial charge < -0.3 is 20.3 Å². The van der Waals surface area contributed by atoms with Crippen LogP contribution in [-0.2, 0) is 16.1 Å². The average molecular weight is 373 g/mol. The Kier molecular flexibility index (Phi) is 6.05. The highest BCUT2D eigenvalue weighted by Crippen LogP contribution is 2.40. The number of piperidine rings is 1. The minimum Gasteiger partial charge on any atom is -0.445 e. The van der Waals surface area contributed by atoms with Crippen molar-refractivity contribution in [1.82, 2.24) is 9.80 Å². The summed E-state index contributed by atoms with van der Waals surface area (Å²) in [6.45, 7) is 7.17. The molecule has 3 rings (SSSR count). The van der Waals surface area contributed by atoms with Crippen molar-refractivity contribution in [2.45, 2.75) is 45.8 Å². The maximum atomic E-state index is 12.5. The van der Waals surface area contributed by atoms with Crippen LogP contribution in [0.4, 0.5) is 4.79 Å². The zero-order valence-corrected chi connectivity index (χ0v) is 16.4. The lowest BCUT2D eigenvalue weighted by Gasteiger charge is -2.38. The normalized spacial score (nSPS) is 20.1. The Bertz CT molecular complexity index is 654. The summed E-state index contributed by atoms with van der Waals surface area (Å²) in [6.07, 6.45) is 2.57. The van der Waals surface area contributed by atoms with Gasteiger partial charge in [-0.2, -0.15) is 0 Å². The average Bonchev–Trinajstić information content (AvgIpc) is 3.09. The number of carbonyl (C=O) groups excluding carboxylic acids is 2. The number of benzene rings is 1. The molecule has 0 aliphatic carbocycles. The third-order valence-corrected chi connectivity index (χ3v) is 6.04. The molecule has 148 valence electrons. The number of hydrogen-bond donors (Lipinski definition) is 1. The van der Waals surface area contributed by atoms with E-state index in [2.05, 4.69) is 0 Å². The molecule has 27 heavy (non-hydrogen) atoms. The van der Waals surface area contributed by atoms with E-state index in [4.69, 9.17) is 10.5 Å². The van der Waals surface area contributed by atoms with Crippen molar-refractivity contribution in [3.63, 3.8) is 0 Å². The summed E-state index contributed by atoms with van der Waals surface area (Å²) in [5.41, 5.74) is 7.16. The van der Waals surface area contributed by atoms with Crippen molar-refractivity contribution in [3.8, 4) is 0 Å². The number of rotatable bonds is 4. The molecule has 2 fully saturated rings. The second-order valence-corrected chi connectivity index (χ2v) is 8.31. The number of nitrogens with two attached hydrogens (primary N) is 1. The molecule has 2 aliphatic heterocycles. The van der Waals surface area contributed by atoms with Crippen molar-refractivity contribution in [2.75, 3.05) is 26.2 Å². The van der Waals surface area contributed by atoms with Gasteiger partial charge >= 0.3 is 6.09 Å². The smallest absolute Gasteiger partial charge is 0.410 e. The summed E-state index contributed by atoms with van der Waals surface area (Å²) in [6, 6.07) is 9.29. The van der Waals surface area contributed by atoms with E-state index < -0.39 is 6.04 Å². The van der Waals surface area contributed by atoms with Crippen LogP contribution in [0.3, 0.4) is 0 Å². The summed E-state index contributed by atoms with van der Waals surface area (Å²) in [5.74, 6) is 0.210. The van der Waals surface area contributed by atoms with Crippen molar-refractivity contribution >= 4 is 12.0 Å². The third kappa shape index (κ3) is 4.61. The summed E-state index contributed by atoms with van der Waals surface area (Å²) in [4.78, 5) is 28.6. The number of carbonyl (C=O) groups is 2. The SMILES string of the molecule is CC(C)C(N)C(=O)N1CCC2(CCN(C(=O)OCc3ccccc3)CC2)C1. The van der Waals surface area contributed by atoms with Gasteiger partial charge in [0.05, 0.1) is 6.04 Å². The highest BCUT2D eigenvalue weighted by atomic mass is 16.6. The molecule has 2 aliphatic rings. The predicted octanol–water partition coefficient (Wildman–Crippen LogP) is 2.62. The van der Waals surface area contributed by atoms with E-state index in [0.717, 1.165) is 37.9 Å². The molecule has 1 atom stereocenters. The zero-order valence-electron chi connectivity index (χ0n) is 16.4. The van der Waals surface area contributed by atoms with E-state index >= 15 is 0 Å². The summed E-state index contributed by atoms with van der Waals surface area (Å²) < 4.78 is 5.44. The Morgan fingerprint density at radius 2 is 1.67 bits per heavy atom. The highest BCUT2D eigenvalue weighted by molar-refractivity contribution is 5.82. The van der Waals surface area contributed by atoms with Gasteiger partial charge in [-0.25, -0.2) is 4.79 Å². The molecule has 1 aromatic carbocycles. The van der Waals surface area contributed by atoms with Gasteiger partial charge in [-0.1, -0.05) is 44.2 Å². The first-order chi connectivity index (χ1) is 12.9. The molecule has 1 spiro atoms. The van der Waals surface area contributed by atoms with Crippen LogP contribution < -0.4 is 5.73 Å². The number of hydrogen-bond acceptors (Lipinski definition) is 4. The summed E-state index contributed by atoms with van der Waals surface area (Å²) in [5, 5.41) is 0. The van der Waals surface area contributed by atoms with Gasteiger partial charge in [-0.15, -0.1) is 0 Å². The quantitative estimate of drug-likeness (QED) is 0.880. The van der Waals surface area contributed by atoms with Crippen LogP contribution in [-0.4, -0.2) is 54.0 Å². The maximum Gasteiger partial charge on any atom is 0.410 e. The van der Waals surface area contributed by atoms with E-state index in [-0.39, 0.29) is 23.3 Å². The molecule has 0 aromatic heterocycles. The first-order valence-electron chi connectivity index (χ1n) is 9.90. The fourth-order valence-electron chi connectivity index (χ4n) is 4.00. The second kappa shape index (κ2) is 8.30. The third-order valence-electron chi connectivity index (χ3n) is 6.04. The van der Waals surface area contributed by atoms with Gasteiger partial charge in [0.25, 0.3) is 0 Å². The zero-order chi connectivity index (χ0) is 19.4. The molecule has 2 amide bonds. The van der Waals surface area contributed by atoms with E-state index in [9.17, 15) is 9.59 Å². The van der Waals surface area contributed by atoms with Crippen LogP contribution in [0, 0.1) is 11.3 Å². The Hall–Kier alpha value is -2.08. The van der Waals surface area contributed by atoms with Gasteiger partial charge in [0, 0.05) is 26.2 Å². The molecule has 0 saturated carbocycles. The minimum atomic E-state index is -0.423. The highest BCUT2D eigenvalue weighted by Gasteiger charge is 2.43. The van der Waals surface area contributed by atoms with Crippen LogP contribution in [0.25, 0.3) is 0 Å². The molecular formula is C21H31N3O3. The molecule has 0 radical (unpaired) electrons. The molecule has 1 unspecified atom stereocenters. The van der Waals surface area contributed by atoms with Crippen LogP contribution in [0.1, 0.15) is 38.7 Å². The van der Waals surface area contributed by atoms with Gasteiger partial charge in [0.2, 0.25) is 5.91 Å². The lowest BCUT2D eigenvalue weighted by Crippen LogP contribution is -2.48. The van der Waals surface area contributed by atoms with Crippen LogP contribution in [0.15, 0.2) is 30.3 Å². The number of nitrogens with zero attached hydrogens (tertiary/aromatic N) is 2. The van der Waals surface area contributed by atoms with E-state index in [1.54, 1.807) is 4.90 Å². The maximum absolute atomic E-state index is 12.5. The topological polar surface area (TPSA) is 75.9 Å². The first-order valence-corrected chi connectivity index (χ1v) is 9.90. The van der Waals surface area contributed by atoms with Gasteiger partial charge in [-0.05, 0) is 36.2 Å². The monoisotopic (exact) mass is 373 g/mol. The first kappa shape index (κ1) is 19.7. The fraction of sp³-hybridized carbons (Fsp3) is 0.619. The number of amides is 2. The Labute approximate surface area is 161 Å². The second-order valence-electron chi connectivity index (χ2n) is 8.31. The van der Waals surface area contributed by atoms with Crippen molar-refractivity contribution in [1.29, 1.82) is 0 Å². The molecular weight excluding hydrogens is 342 g/mol. The summed E-state index contributed by atoms with van der Waals surface area (Å²) in [7, 11) is 0. The van der Waals surface area contributed by atoms with Gasteiger partial charge in [0.1, 0.15) is 6.61 Å². The van der Waals surface area contributed by atoms with Crippen molar-refractivity contribution in [2.24, 2.45) is 17.1 Å². The standard InChI is InChI=1S/C21H31N3O3/c1-16(2)18(22)19(25)24-13-10-21(15-24)8-11-23(12-9-21)20(26)27-14-17-6-4-3-5-7-17/h3-7,16,18H,8-15,22H2,1-2H3. The van der Waals surface area contributed by atoms with E-state index in [1.807, 2.05) is 49.1 Å². The Balaban J connectivity index is 1.47. The van der Waals surface area contributed by atoms with Crippen molar-refractivity contribution in [3.05, 3.63) is 35.9 Å². The van der Waals surface area contributed by atoms with Gasteiger partial charge in [0.15, 0.2) is 0 Å². The Morgan fingerprint density at radius 1 is 1.07 bits per heavy atom. The van der Waals surface area contributed by atoms with Gasteiger partial charge in [-0.3, -0.25) is 4.79 Å². The van der Waals surface area contributed by atoms with Crippen molar-refractivity contribution < 1.29 is 14.3 Å². The molecule has 1 aromatic rings. The number of likely N-dealkylation sites (tertiary alicyclic amines) is 2. The molecule has 2 N–H and O–H groups in total. The molecule has 2 heterocycles. The van der Waals surface area contributed by atoms with Crippen LogP contribution in [0.5, 0.6) is 0 Å². The minimum absolute atomic E-state index is 0.0616. The molecule has 6 heteroatoms. The lowest BCUT2D eigenvalue weighted by atomic mass is 9.78. The molecule has 2 saturated heterocycles. The number of ether oxygens (including phenoxy) is 1. The molecule has 0 bridgehead atoms. The molecule has 6 nitrogen and oxygen atoms in total.